The molecule has 0 aliphatic heterocycles. The average Bonchev–Trinajstić information content (AvgIpc) is 3.24. The van der Waals surface area contributed by atoms with Gasteiger partial charge in [0.2, 0.25) is 0 Å². The molecule has 59 heavy (non-hydrogen) atoms. The lowest BCUT2D eigenvalue weighted by Gasteiger charge is -2.21. The van der Waals surface area contributed by atoms with Crippen LogP contribution in [-0.4, -0.2) is 64.8 Å². The molecule has 0 aliphatic carbocycles. The quantitative estimate of drug-likeness (QED) is 0.0343. The third kappa shape index (κ3) is 43.6. The maximum atomic E-state index is 6.31. The highest BCUT2D eigenvalue weighted by Crippen LogP contribution is 2.16. The van der Waals surface area contributed by atoms with Crippen LogP contribution in [0.15, 0.2) is 24.3 Å². The van der Waals surface area contributed by atoms with E-state index in [0.717, 1.165) is 77.8 Å². The molecule has 0 N–H and O–H groups in total. The second-order valence-corrected chi connectivity index (χ2v) is 16.6. The molecule has 352 valence electrons. The Morgan fingerprint density at radius 1 is 0.305 bits per heavy atom. The standard InChI is InChI=1S/C52H102O7/c1-7-13-17-21-25-29-37-45-55-49(56-46-38-30-26-22-18-14-8-2)41-33-35-43-51(53-11-5)59-52(54-12-6)44-36-34-42-50(57-47-39-31-27-23-19-15-9-3)58-48-40-32-28-24-20-16-10-4/h35-36,43-44,49-52H,7-34,37-42,45-48H2,1-6H3. The summed E-state index contributed by atoms with van der Waals surface area (Å²) in [4.78, 5) is 0. The van der Waals surface area contributed by atoms with Gasteiger partial charge < -0.3 is 33.2 Å². The molecule has 0 heterocycles. The summed E-state index contributed by atoms with van der Waals surface area (Å²) in [7, 11) is 0. The summed E-state index contributed by atoms with van der Waals surface area (Å²) in [6, 6.07) is 0. The summed E-state index contributed by atoms with van der Waals surface area (Å²) >= 11 is 0. The zero-order valence-electron chi connectivity index (χ0n) is 40.3. The van der Waals surface area contributed by atoms with Crippen molar-refractivity contribution in [1.82, 2.24) is 0 Å². The van der Waals surface area contributed by atoms with E-state index >= 15 is 0 Å². The lowest BCUT2D eigenvalue weighted by atomic mass is 10.1. The van der Waals surface area contributed by atoms with E-state index in [4.69, 9.17) is 33.2 Å². The molecule has 2 atom stereocenters. The van der Waals surface area contributed by atoms with Crippen molar-refractivity contribution in [2.75, 3.05) is 39.6 Å². The Morgan fingerprint density at radius 3 is 0.814 bits per heavy atom. The number of hydrogen-bond donors (Lipinski definition) is 0. The highest BCUT2D eigenvalue weighted by atomic mass is 16.8. The van der Waals surface area contributed by atoms with Gasteiger partial charge in [-0.1, -0.05) is 194 Å². The Morgan fingerprint density at radius 2 is 0.559 bits per heavy atom. The molecule has 0 aliphatic rings. The highest BCUT2D eigenvalue weighted by Gasteiger charge is 2.14. The van der Waals surface area contributed by atoms with E-state index in [9.17, 15) is 0 Å². The highest BCUT2D eigenvalue weighted by molar-refractivity contribution is 4.90. The second kappa shape index (κ2) is 49.9. The van der Waals surface area contributed by atoms with Crippen molar-refractivity contribution in [3.05, 3.63) is 24.3 Å². The van der Waals surface area contributed by atoms with E-state index in [1.54, 1.807) is 0 Å². The Kier molecular flexibility index (Phi) is 49.2. The number of ether oxygens (including phenoxy) is 7. The summed E-state index contributed by atoms with van der Waals surface area (Å²) in [5, 5.41) is 0. The van der Waals surface area contributed by atoms with Gasteiger partial charge in [0.25, 0.3) is 0 Å². The maximum absolute atomic E-state index is 6.31. The van der Waals surface area contributed by atoms with Crippen molar-refractivity contribution in [2.45, 2.75) is 272 Å². The zero-order valence-corrected chi connectivity index (χ0v) is 40.3. The van der Waals surface area contributed by atoms with Gasteiger partial charge in [-0.25, -0.2) is 0 Å². The maximum Gasteiger partial charge on any atom is 0.180 e. The Hall–Kier alpha value is -0.800. The summed E-state index contributed by atoms with van der Waals surface area (Å²) < 4.78 is 43.4. The molecule has 0 bridgehead atoms. The normalized spacial score (nSPS) is 13.3. The van der Waals surface area contributed by atoms with E-state index in [1.165, 1.54) is 154 Å². The van der Waals surface area contributed by atoms with Crippen molar-refractivity contribution < 1.29 is 33.2 Å². The first-order valence-corrected chi connectivity index (χ1v) is 25.8. The second-order valence-electron chi connectivity index (χ2n) is 16.6. The summed E-state index contributed by atoms with van der Waals surface area (Å²) in [6.07, 6.45) is 46.2. The van der Waals surface area contributed by atoms with Crippen molar-refractivity contribution >= 4 is 0 Å². The van der Waals surface area contributed by atoms with Crippen molar-refractivity contribution in [3.63, 3.8) is 0 Å². The minimum Gasteiger partial charge on any atom is -0.353 e. The smallest absolute Gasteiger partial charge is 0.180 e. The van der Waals surface area contributed by atoms with Gasteiger partial charge in [0.15, 0.2) is 25.2 Å². The van der Waals surface area contributed by atoms with Gasteiger partial charge in [-0.2, -0.15) is 0 Å². The van der Waals surface area contributed by atoms with E-state index in [2.05, 4.69) is 39.8 Å². The predicted octanol–water partition coefficient (Wildman–Crippen LogP) is 16.1. The molecule has 0 fully saturated rings. The minimum atomic E-state index is -0.495. The molecule has 0 radical (unpaired) electrons. The Balaban J connectivity index is 5.02. The predicted molar refractivity (Wildman–Crippen MR) is 252 cm³/mol. The monoisotopic (exact) mass is 839 g/mol. The molecular formula is C52H102O7. The van der Waals surface area contributed by atoms with Gasteiger partial charge in [0, 0.05) is 52.5 Å². The number of allylic oxidation sites excluding steroid dienone is 2. The molecule has 0 spiro atoms. The van der Waals surface area contributed by atoms with Gasteiger partial charge in [-0.05, 0) is 64.5 Å². The molecule has 0 saturated heterocycles. The first-order chi connectivity index (χ1) is 29.1. The van der Waals surface area contributed by atoms with Crippen molar-refractivity contribution in [1.29, 1.82) is 0 Å². The van der Waals surface area contributed by atoms with E-state index in [1.807, 2.05) is 26.0 Å². The fourth-order valence-corrected chi connectivity index (χ4v) is 7.15. The topological polar surface area (TPSA) is 64.6 Å². The van der Waals surface area contributed by atoms with Crippen LogP contribution >= 0.6 is 0 Å². The van der Waals surface area contributed by atoms with Gasteiger partial charge >= 0.3 is 0 Å². The van der Waals surface area contributed by atoms with Crippen LogP contribution in [0.3, 0.4) is 0 Å². The molecule has 0 aromatic carbocycles. The first-order valence-electron chi connectivity index (χ1n) is 25.8. The largest absolute Gasteiger partial charge is 0.353 e. The fraction of sp³-hybridized carbons (Fsp3) is 0.923. The molecule has 7 heteroatoms. The molecule has 0 aromatic rings. The number of hydrogen-bond acceptors (Lipinski definition) is 7. The lowest BCUT2D eigenvalue weighted by Crippen LogP contribution is -2.24. The van der Waals surface area contributed by atoms with Crippen LogP contribution in [0.4, 0.5) is 0 Å². The van der Waals surface area contributed by atoms with Crippen LogP contribution in [0.1, 0.15) is 247 Å². The van der Waals surface area contributed by atoms with Crippen LogP contribution in [0.5, 0.6) is 0 Å². The van der Waals surface area contributed by atoms with Crippen molar-refractivity contribution in [3.8, 4) is 0 Å². The lowest BCUT2D eigenvalue weighted by molar-refractivity contribution is -0.204. The van der Waals surface area contributed by atoms with E-state index < -0.39 is 12.6 Å². The van der Waals surface area contributed by atoms with Gasteiger partial charge in [-0.3, -0.25) is 0 Å². The third-order valence-electron chi connectivity index (χ3n) is 10.9. The molecule has 2 unspecified atom stereocenters. The molecular weight excluding hydrogens is 737 g/mol. The molecule has 7 nitrogen and oxygen atoms in total. The summed E-state index contributed by atoms with van der Waals surface area (Å²) in [6.45, 7) is 17.3. The Labute approximate surface area is 368 Å². The SMILES string of the molecule is CCCCCCCCCOC(CCC=CC(OCC)OC(C=CCCC(OCCCCCCCCC)OCCCCCCCCC)OCC)OCCCCCCCCC. The molecule has 0 amide bonds. The number of rotatable bonds is 50. The van der Waals surface area contributed by atoms with Crippen LogP contribution in [-0.2, 0) is 33.2 Å². The average molecular weight is 839 g/mol. The van der Waals surface area contributed by atoms with E-state index in [-0.39, 0.29) is 12.6 Å². The minimum absolute atomic E-state index is 0.173. The number of unbranched alkanes of at least 4 members (excludes halogenated alkanes) is 24. The molecule has 0 aromatic heterocycles. The van der Waals surface area contributed by atoms with Crippen LogP contribution in [0, 0.1) is 0 Å². The van der Waals surface area contributed by atoms with Gasteiger partial charge in [0.05, 0.1) is 0 Å². The Bertz CT molecular complexity index is 730. The van der Waals surface area contributed by atoms with Crippen LogP contribution in [0.2, 0.25) is 0 Å². The molecule has 0 rings (SSSR count). The van der Waals surface area contributed by atoms with Gasteiger partial charge in [-0.15, -0.1) is 0 Å². The van der Waals surface area contributed by atoms with E-state index in [0.29, 0.717) is 13.2 Å². The third-order valence-corrected chi connectivity index (χ3v) is 10.9. The van der Waals surface area contributed by atoms with Crippen LogP contribution < -0.4 is 0 Å². The van der Waals surface area contributed by atoms with Crippen molar-refractivity contribution in [2.24, 2.45) is 0 Å². The van der Waals surface area contributed by atoms with Crippen LogP contribution in [0.25, 0.3) is 0 Å². The summed E-state index contributed by atoms with van der Waals surface area (Å²) in [5.74, 6) is 0. The first kappa shape index (κ1) is 58.2. The summed E-state index contributed by atoms with van der Waals surface area (Å²) in [5.41, 5.74) is 0. The fourth-order valence-electron chi connectivity index (χ4n) is 7.15. The van der Waals surface area contributed by atoms with Gasteiger partial charge in [0.1, 0.15) is 0 Å². The zero-order chi connectivity index (χ0) is 43.0. The molecule has 0 saturated carbocycles.